The lowest BCUT2D eigenvalue weighted by molar-refractivity contribution is -0.117. The van der Waals surface area contributed by atoms with Crippen molar-refractivity contribution in [2.24, 2.45) is 5.92 Å². The molecule has 0 aliphatic heterocycles. The van der Waals surface area contributed by atoms with Gasteiger partial charge in [0.05, 0.1) is 5.75 Å². The second kappa shape index (κ2) is 5.96. The quantitative estimate of drug-likeness (QED) is 0.707. The maximum Gasteiger partial charge on any atom is 0.143 e. The molecule has 82 valence electrons. The third kappa shape index (κ3) is 4.52. The first kappa shape index (κ1) is 12.3. The summed E-state index contributed by atoms with van der Waals surface area (Å²) in [4.78, 5) is 12.7. The Balaban J connectivity index is 2.44. The van der Waals surface area contributed by atoms with Gasteiger partial charge in [0, 0.05) is 11.3 Å². The number of aryl methyl sites for hydroxylation is 1. The fourth-order valence-electron chi connectivity index (χ4n) is 1.39. The molecule has 0 radical (unpaired) electrons. The van der Waals surface area contributed by atoms with Gasteiger partial charge in [0.15, 0.2) is 0 Å². The van der Waals surface area contributed by atoms with Crippen LogP contribution in [0.3, 0.4) is 0 Å². The number of thioether (sulfide) groups is 1. The number of Topliss-reactive ketones (excluding diaryl/α,β-unsaturated/α-hetero) is 1. The van der Waals surface area contributed by atoms with Gasteiger partial charge in [-0.3, -0.25) is 4.79 Å². The molecular weight excluding hydrogens is 204 g/mol. The van der Waals surface area contributed by atoms with E-state index in [1.54, 1.807) is 11.8 Å². The molecule has 0 spiro atoms. The summed E-state index contributed by atoms with van der Waals surface area (Å²) in [5.74, 6) is 1.41. The molecule has 0 unspecified atom stereocenters. The average Bonchev–Trinajstić information content (AvgIpc) is 2.15. The van der Waals surface area contributed by atoms with E-state index < -0.39 is 0 Å². The van der Waals surface area contributed by atoms with E-state index in [0.29, 0.717) is 23.9 Å². The zero-order valence-corrected chi connectivity index (χ0v) is 10.4. The van der Waals surface area contributed by atoms with Gasteiger partial charge in [0.2, 0.25) is 0 Å². The molecule has 2 heteroatoms. The third-order valence-electron chi connectivity index (χ3n) is 2.12. The number of carbonyl (C=O) groups is 1. The van der Waals surface area contributed by atoms with Crippen LogP contribution in [0.15, 0.2) is 29.2 Å². The van der Waals surface area contributed by atoms with Gasteiger partial charge in [-0.1, -0.05) is 32.0 Å². The summed E-state index contributed by atoms with van der Waals surface area (Å²) in [6, 6.07) is 8.19. The molecule has 0 atom stereocenters. The highest BCUT2D eigenvalue weighted by atomic mass is 32.2. The minimum absolute atomic E-state index is 0.346. The minimum atomic E-state index is 0.346. The highest BCUT2D eigenvalue weighted by Gasteiger charge is 2.06. The van der Waals surface area contributed by atoms with Crippen LogP contribution in [0.25, 0.3) is 0 Å². The summed E-state index contributed by atoms with van der Waals surface area (Å²) in [6.07, 6.45) is 0.693. The predicted molar refractivity (Wildman–Crippen MR) is 66.4 cm³/mol. The summed E-state index contributed by atoms with van der Waals surface area (Å²) in [6.45, 7) is 6.24. The standard InChI is InChI=1S/C13H18OS/c1-10(2)8-12(14)9-15-13-7-5-4-6-11(13)3/h4-7,10H,8-9H2,1-3H3. The fraction of sp³-hybridized carbons (Fsp3) is 0.462. The maximum atomic E-state index is 11.5. The lowest BCUT2D eigenvalue weighted by Crippen LogP contribution is -2.05. The Morgan fingerprint density at radius 2 is 2.00 bits per heavy atom. The van der Waals surface area contributed by atoms with Gasteiger partial charge >= 0.3 is 0 Å². The number of hydrogen-bond donors (Lipinski definition) is 0. The van der Waals surface area contributed by atoms with Crippen LogP contribution in [0, 0.1) is 12.8 Å². The van der Waals surface area contributed by atoms with Gasteiger partial charge in [0.25, 0.3) is 0 Å². The van der Waals surface area contributed by atoms with E-state index in [1.807, 2.05) is 12.1 Å². The molecule has 15 heavy (non-hydrogen) atoms. The average molecular weight is 222 g/mol. The summed E-state index contributed by atoms with van der Waals surface area (Å²) in [5, 5.41) is 0. The molecule has 0 aromatic heterocycles. The van der Waals surface area contributed by atoms with Crippen LogP contribution in [0.1, 0.15) is 25.8 Å². The van der Waals surface area contributed by atoms with Gasteiger partial charge < -0.3 is 0 Å². The van der Waals surface area contributed by atoms with Crippen molar-refractivity contribution in [2.75, 3.05) is 5.75 Å². The minimum Gasteiger partial charge on any atom is -0.299 e. The van der Waals surface area contributed by atoms with Gasteiger partial charge in [-0.25, -0.2) is 0 Å². The highest BCUT2D eigenvalue weighted by molar-refractivity contribution is 8.00. The van der Waals surface area contributed by atoms with E-state index in [2.05, 4.69) is 32.9 Å². The van der Waals surface area contributed by atoms with E-state index in [4.69, 9.17) is 0 Å². The Morgan fingerprint density at radius 3 is 2.60 bits per heavy atom. The van der Waals surface area contributed by atoms with Crippen molar-refractivity contribution in [3.05, 3.63) is 29.8 Å². The number of benzene rings is 1. The zero-order valence-electron chi connectivity index (χ0n) is 9.62. The van der Waals surface area contributed by atoms with Crippen LogP contribution in [0.2, 0.25) is 0 Å². The number of rotatable bonds is 5. The molecule has 0 fully saturated rings. The van der Waals surface area contributed by atoms with Crippen molar-refractivity contribution in [2.45, 2.75) is 32.1 Å². The van der Waals surface area contributed by atoms with Crippen molar-refractivity contribution in [3.63, 3.8) is 0 Å². The van der Waals surface area contributed by atoms with Crippen LogP contribution >= 0.6 is 11.8 Å². The monoisotopic (exact) mass is 222 g/mol. The Bertz CT molecular complexity index is 331. The molecule has 1 rings (SSSR count). The highest BCUT2D eigenvalue weighted by Crippen LogP contribution is 2.22. The topological polar surface area (TPSA) is 17.1 Å². The SMILES string of the molecule is Cc1ccccc1SCC(=O)CC(C)C. The van der Waals surface area contributed by atoms with Gasteiger partial charge in [-0.15, -0.1) is 11.8 Å². The molecule has 1 nitrogen and oxygen atoms in total. The van der Waals surface area contributed by atoms with Crippen LogP contribution < -0.4 is 0 Å². The van der Waals surface area contributed by atoms with Crippen LogP contribution in [-0.4, -0.2) is 11.5 Å². The van der Waals surface area contributed by atoms with E-state index in [1.165, 1.54) is 10.5 Å². The van der Waals surface area contributed by atoms with Crippen molar-refractivity contribution in [1.29, 1.82) is 0 Å². The zero-order chi connectivity index (χ0) is 11.3. The normalized spacial score (nSPS) is 10.7. The number of ketones is 1. The number of carbonyl (C=O) groups excluding carboxylic acids is 1. The Morgan fingerprint density at radius 1 is 1.33 bits per heavy atom. The van der Waals surface area contributed by atoms with Gasteiger partial charge in [-0.2, -0.15) is 0 Å². The van der Waals surface area contributed by atoms with Gasteiger partial charge in [-0.05, 0) is 24.5 Å². The summed E-state index contributed by atoms with van der Waals surface area (Å²) in [5.41, 5.74) is 1.25. The van der Waals surface area contributed by atoms with Crippen molar-refractivity contribution in [1.82, 2.24) is 0 Å². The van der Waals surface area contributed by atoms with Crippen molar-refractivity contribution >= 4 is 17.5 Å². The summed E-state index contributed by atoms with van der Waals surface area (Å²) < 4.78 is 0. The van der Waals surface area contributed by atoms with E-state index in [-0.39, 0.29) is 0 Å². The first-order valence-corrected chi connectivity index (χ1v) is 6.28. The Hall–Kier alpha value is -0.760. The molecule has 1 aromatic carbocycles. The predicted octanol–water partition coefficient (Wildman–Crippen LogP) is 3.70. The second-order valence-corrected chi connectivity index (χ2v) is 5.21. The molecule has 0 saturated heterocycles. The largest absolute Gasteiger partial charge is 0.299 e. The molecule has 0 bridgehead atoms. The molecule has 0 N–H and O–H groups in total. The molecule has 0 heterocycles. The van der Waals surface area contributed by atoms with Crippen LogP contribution in [-0.2, 0) is 4.79 Å². The molecule has 0 aliphatic rings. The second-order valence-electron chi connectivity index (χ2n) is 4.19. The molecule has 0 aliphatic carbocycles. The maximum absolute atomic E-state index is 11.5. The lowest BCUT2D eigenvalue weighted by atomic mass is 10.1. The smallest absolute Gasteiger partial charge is 0.143 e. The van der Waals surface area contributed by atoms with E-state index >= 15 is 0 Å². The van der Waals surface area contributed by atoms with E-state index in [9.17, 15) is 4.79 Å². The molecule has 1 aromatic rings. The van der Waals surface area contributed by atoms with Crippen LogP contribution in [0.5, 0.6) is 0 Å². The fourth-order valence-corrected chi connectivity index (χ4v) is 2.30. The lowest BCUT2D eigenvalue weighted by Gasteiger charge is -2.05. The van der Waals surface area contributed by atoms with Crippen molar-refractivity contribution in [3.8, 4) is 0 Å². The van der Waals surface area contributed by atoms with Crippen LogP contribution in [0.4, 0.5) is 0 Å². The Kier molecular flexibility index (Phi) is 4.89. The first-order valence-electron chi connectivity index (χ1n) is 5.29. The van der Waals surface area contributed by atoms with E-state index in [0.717, 1.165) is 0 Å². The third-order valence-corrected chi connectivity index (χ3v) is 3.35. The van der Waals surface area contributed by atoms with Crippen molar-refractivity contribution < 1.29 is 4.79 Å². The first-order chi connectivity index (χ1) is 7.09. The molecule has 0 saturated carbocycles. The summed E-state index contributed by atoms with van der Waals surface area (Å²) >= 11 is 1.65. The van der Waals surface area contributed by atoms with Gasteiger partial charge in [0.1, 0.15) is 5.78 Å². The summed E-state index contributed by atoms with van der Waals surface area (Å²) in [7, 11) is 0. The number of hydrogen-bond acceptors (Lipinski definition) is 2. The molecule has 0 amide bonds. The molecular formula is C13H18OS. The Labute approximate surface area is 96.3 Å².